The van der Waals surface area contributed by atoms with Crippen molar-refractivity contribution in [2.24, 2.45) is 10.9 Å². The fraction of sp³-hybridized carbons (Fsp3) is 0.444. The second kappa shape index (κ2) is 10.1. The van der Waals surface area contributed by atoms with Gasteiger partial charge in [-0.3, -0.25) is 14.6 Å². The van der Waals surface area contributed by atoms with Gasteiger partial charge in [-0.25, -0.2) is 0 Å². The highest BCUT2D eigenvalue weighted by molar-refractivity contribution is 7.10. The van der Waals surface area contributed by atoms with Gasteiger partial charge in [0.15, 0.2) is 17.3 Å². The molecule has 1 aliphatic carbocycles. The third kappa shape index (κ3) is 4.53. The van der Waals surface area contributed by atoms with Crippen LogP contribution < -0.4 is 9.47 Å². The summed E-state index contributed by atoms with van der Waals surface area (Å²) >= 11 is 1.56. The Bertz CT molecular complexity index is 1130. The third-order valence-corrected chi connectivity index (χ3v) is 7.72. The normalized spacial score (nSPS) is 23.1. The van der Waals surface area contributed by atoms with Crippen molar-refractivity contribution in [3.8, 4) is 11.5 Å². The number of hydrogen-bond acceptors (Lipinski definition) is 7. The van der Waals surface area contributed by atoms with Gasteiger partial charge in [0.25, 0.3) is 0 Å². The van der Waals surface area contributed by atoms with E-state index in [1.807, 2.05) is 56.5 Å². The lowest BCUT2D eigenvalue weighted by atomic mass is 9.71. The highest BCUT2D eigenvalue weighted by Crippen LogP contribution is 2.48. The first-order valence-electron chi connectivity index (χ1n) is 11.6. The molecular weight excluding hydrogens is 450 g/mol. The topological polar surface area (TPSA) is 74.2 Å². The molecule has 0 saturated carbocycles. The number of allylic oxidation sites excluding steroid dienone is 2. The fourth-order valence-corrected chi connectivity index (χ4v) is 5.71. The highest BCUT2D eigenvalue weighted by atomic mass is 32.1. The number of methoxy groups -OCH3 is 2. The molecule has 1 unspecified atom stereocenters. The Hall–Kier alpha value is -2.93. The summed E-state index contributed by atoms with van der Waals surface area (Å²) in [5.41, 5.74) is 3.15. The molecule has 7 heteroatoms. The zero-order valence-electron chi connectivity index (χ0n) is 20.3. The Labute approximate surface area is 204 Å². The van der Waals surface area contributed by atoms with Gasteiger partial charge in [-0.05, 0) is 61.7 Å². The van der Waals surface area contributed by atoms with Crippen molar-refractivity contribution in [2.75, 3.05) is 14.2 Å². The predicted octanol–water partition coefficient (Wildman–Crippen LogP) is 5.68. The van der Waals surface area contributed by atoms with Crippen molar-refractivity contribution in [2.45, 2.75) is 58.0 Å². The van der Waals surface area contributed by atoms with E-state index in [-0.39, 0.29) is 29.7 Å². The monoisotopic (exact) mass is 481 g/mol. The fourth-order valence-electron chi connectivity index (χ4n) is 4.84. The van der Waals surface area contributed by atoms with Gasteiger partial charge < -0.3 is 14.2 Å². The minimum atomic E-state index is -0.590. The molecule has 0 N–H and O–H groups in total. The van der Waals surface area contributed by atoms with Crippen LogP contribution in [0.15, 0.2) is 52.0 Å². The summed E-state index contributed by atoms with van der Waals surface area (Å²) in [4.78, 5) is 32.7. The number of carbonyl (C=O) groups is 2. The SMILES string of the molecule is CC[C@H](C)OC(=O)C1C(C)=NC2=C(C(=O)C[C@H](c3ccc(OC)c(OC)c3)C2)[C@H]1c1cccs1. The summed E-state index contributed by atoms with van der Waals surface area (Å²) in [6.07, 6.45) is 1.54. The van der Waals surface area contributed by atoms with Gasteiger partial charge in [0, 0.05) is 34.2 Å². The van der Waals surface area contributed by atoms with E-state index in [0.717, 1.165) is 22.6 Å². The van der Waals surface area contributed by atoms with Gasteiger partial charge in [-0.1, -0.05) is 19.1 Å². The van der Waals surface area contributed by atoms with E-state index < -0.39 is 5.92 Å². The molecule has 2 aliphatic rings. The van der Waals surface area contributed by atoms with Crippen LogP contribution >= 0.6 is 11.3 Å². The number of carbonyl (C=O) groups excluding carboxylic acids is 2. The van der Waals surface area contributed by atoms with Crippen molar-refractivity contribution < 1.29 is 23.8 Å². The lowest BCUT2D eigenvalue weighted by molar-refractivity contribution is -0.151. The number of hydrogen-bond donors (Lipinski definition) is 0. The Kier molecular flexibility index (Phi) is 7.22. The van der Waals surface area contributed by atoms with Crippen molar-refractivity contribution in [1.82, 2.24) is 0 Å². The first-order chi connectivity index (χ1) is 16.4. The van der Waals surface area contributed by atoms with Crippen LogP contribution in [0.1, 0.15) is 62.3 Å². The Balaban J connectivity index is 1.72. The molecule has 180 valence electrons. The largest absolute Gasteiger partial charge is 0.493 e. The molecule has 6 nitrogen and oxygen atoms in total. The van der Waals surface area contributed by atoms with E-state index in [9.17, 15) is 9.59 Å². The lowest BCUT2D eigenvalue weighted by Gasteiger charge is -2.36. The molecular formula is C27H31NO5S. The van der Waals surface area contributed by atoms with Crippen LogP contribution in [-0.2, 0) is 14.3 Å². The van der Waals surface area contributed by atoms with Gasteiger partial charge >= 0.3 is 5.97 Å². The molecule has 0 fully saturated rings. The molecule has 2 aromatic rings. The van der Waals surface area contributed by atoms with Gasteiger partial charge in [0.2, 0.25) is 0 Å². The molecule has 0 saturated heterocycles. The van der Waals surface area contributed by atoms with Gasteiger partial charge in [-0.15, -0.1) is 11.3 Å². The molecule has 0 amide bonds. The van der Waals surface area contributed by atoms with Crippen LogP contribution in [0.2, 0.25) is 0 Å². The summed E-state index contributed by atoms with van der Waals surface area (Å²) < 4.78 is 16.5. The lowest BCUT2D eigenvalue weighted by Crippen LogP contribution is -2.38. The average Bonchev–Trinajstić information content (AvgIpc) is 3.37. The minimum Gasteiger partial charge on any atom is -0.493 e. The quantitative estimate of drug-likeness (QED) is 0.476. The highest BCUT2D eigenvalue weighted by Gasteiger charge is 2.45. The maximum Gasteiger partial charge on any atom is 0.315 e. The maximum atomic E-state index is 13.6. The summed E-state index contributed by atoms with van der Waals surface area (Å²) in [5.74, 6) is 0.0543. The number of nitrogens with zero attached hydrogens (tertiary/aromatic N) is 1. The smallest absolute Gasteiger partial charge is 0.315 e. The van der Waals surface area contributed by atoms with E-state index in [1.54, 1.807) is 25.6 Å². The first kappa shape index (κ1) is 24.2. The maximum absolute atomic E-state index is 13.6. The summed E-state index contributed by atoms with van der Waals surface area (Å²) in [6.45, 7) is 5.74. The van der Waals surface area contributed by atoms with Crippen molar-refractivity contribution >= 4 is 28.8 Å². The second-order valence-corrected chi connectivity index (χ2v) is 9.86. The molecule has 4 atom stereocenters. The number of ketones is 1. The van der Waals surface area contributed by atoms with Crippen molar-refractivity contribution in [3.05, 3.63) is 57.4 Å². The van der Waals surface area contributed by atoms with E-state index in [0.29, 0.717) is 35.6 Å². The number of benzene rings is 1. The number of Topliss-reactive ketones (excluding diaryl/α,β-unsaturated/α-hetero) is 1. The predicted molar refractivity (Wildman–Crippen MR) is 133 cm³/mol. The first-order valence-corrected chi connectivity index (χ1v) is 12.5. The zero-order chi connectivity index (χ0) is 24.4. The molecule has 34 heavy (non-hydrogen) atoms. The van der Waals surface area contributed by atoms with Crippen LogP contribution in [0, 0.1) is 5.92 Å². The number of ether oxygens (including phenoxy) is 3. The Morgan fingerprint density at radius 3 is 2.59 bits per heavy atom. The molecule has 1 aromatic carbocycles. The number of aliphatic imine (C=N–C) groups is 1. The van der Waals surface area contributed by atoms with E-state index in [2.05, 4.69) is 0 Å². The van der Waals surface area contributed by atoms with E-state index >= 15 is 0 Å². The van der Waals surface area contributed by atoms with Crippen LogP contribution in [0.4, 0.5) is 0 Å². The van der Waals surface area contributed by atoms with E-state index in [1.165, 1.54) is 0 Å². The van der Waals surface area contributed by atoms with Gasteiger partial charge in [0.1, 0.15) is 5.92 Å². The summed E-state index contributed by atoms with van der Waals surface area (Å²) in [6, 6.07) is 9.74. The molecule has 0 bridgehead atoms. The number of esters is 1. The molecule has 1 aromatic heterocycles. The van der Waals surface area contributed by atoms with Crippen LogP contribution in [-0.4, -0.2) is 37.8 Å². The molecule has 4 rings (SSSR count). The van der Waals surface area contributed by atoms with Gasteiger partial charge in [-0.2, -0.15) is 0 Å². The Morgan fingerprint density at radius 1 is 1.18 bits per heavy atom. The standard InChI is InChI=1S/C27H31NO5S/c1-6-15(2)33-27(30)24-16(3)28-19-12-18(17-9-10-21(31-4)22(14-17)32-5)13-20(29)25(19)26(24)23-8-7-11-34-23/h7-11,14-15,18,24,26H,6,12-13H2,1-5H3/t15-,18+,24?,26-/m0/s1. The van der Waals surface area contributed by atoms with Crippen molar-refractivity contribution in [3.63, 3.8) is 0 Å². The Morgan fingerprint density at radius 2 is 1.94 bits per heavy atom. The summed E-state index contributed by atoms with van der Waals surface area (Å²) in [5, 5.41) is 1.98. The number of thiophene rings is 1. The molecule has 1 aliphatic heterocycles. The summed E-state index contributed by atoms with van der Waals surface area (Å²) in [7, 11) is 3.21. The second-order valence-electron chi connectivity index (χ2n) is 8.88. The molecule has 2 heterocycles. The average molecular weight is 482 g/mol. The zero-order valence-corrected chi connectivity index (χ0v) is 21.1. The van der Waals surface area contributed by atoms with Crippen LogP contribution in [0.25, 0.3) is 0 Å². The molecule has 0 spiro atoms. The third-order valence-electron chi connectivity index (χ3n) is 6.76. The minimum absolute atomic E-state index is 0.0183. The van der Waals surface area contributed by atoms with Crippen LogP contribution in [0.3, 0.4) is 0 Å². The van der Waals surface area contributed by atoms with Crippen molar-refractivity contribution in [1.29, 1.82) is 0 Å². The van der Waals surface area contributed by atoms with E-state index in [4.69, 9.17) is 19.2 Å². The van der Waals surface area contributed by atoms with Crippen LogP contribution in [0.5, 0.6) is 11.5 Å². The molecule has 0 radical (unpaired) electrons. The number of rotatable bonds is 7. The van der Waals surface area contributed by atoms with Gasteiger partial charge in [0.05, 0.1) is 20.3 Å².